The largest absolute Gasteiger partial charge is 0.457 e. The standard InChI is InChI=1S/C28H19BrN2O4/c1-18-7-13-22(14-8-18)31-27(33)24(26(32)30(28(31)34)21-5-3-2-4-6-21)17-23-15-16-25(35-23)19-9-11-20(29)12-10-19/h2-17H,1H3/b24-17-. The third kappa shape index (κ3) is 4.34. The molecule has 4 amide bonds. The first kappa shape index (κ1) is 22.6. The fourth-order valence-corrected chi connectivity index (χ4v) is 4.06. The number of hydrogen-bond acceptors (Lipinski definition) is 4. The zero-order chi connectivity index (χ0) is 24.5. The lowest BCUT2D eigenvalue weighted by atomic mass is 10.1. The molecule has 1 saturated heterocycles. The Hall–Kier alpha value is -4.23. The lowest BCUT2D eigenvalue weighted by molar-refractivity contribution is -0.121. The summed E-state index contributed by atoms with van der Waals surface area (Å²) >= 11 is 3.41. The van der Waals surface area contributed by atoms with Gasteiger partial charge in [0.1, 0.15) is 17.1 Å². The van der Waals surface area contributed by atoms with Gasteiger partial charge in [0.2, 0.25) is 0 Å². The molecule has 1 aliphatic rings. The normalized spacial score (nSPS) is 15.3. The van der Waals surface area contributed by atoms with E-state index >= 15 is 0 Å². The predicted octanol–water partition coefficient (Wildman–Crippen LogP) is 6.60. The molecule has 0 N–H and O–H groups in total. The minimum Gasteiger partial charge on any atom is -0.457 e. The molecule has 1 aliphatic heterocycles. The summed E-state index contributed by atoms with van der Waals surface area (Å²) in [7, 11) is 0. The molecule has 0 spiro atoms. The molecule has 0 aliphatic carbocycles. The molecule has 0 unspecified atom stereocenters. The van der Waals surface area contributed by atoms with Crippen LogP contribution in [0, 0.1) is 6.92 Å². The third-order valence-electron chi connectivity index (χ3n) is 5.60. The molecule has 5 rings (SSSR count). The lowest BCUT2D eigenvalue weighted by Gasteiger charge is -2.33. The first-order valence-corrected chi connectivity index (χ1v) is 11.6. The van der Waals surface area contributed by atoms with Crippen LogP contribution in [0.1, 0.15) is 11.3 Å². The van der Waals surface area contributed by atoms with E-state index < -0.39 is 17.8 Å². The van der Waals surface area contributed by atoms with Gasteiger partial charge in [-0.15, -0.1) is 0 Å². The summed E-state index contributed by atoms with van der Waals surface area (Å²) in [6.07, 6.45) is 1.39. The quantitative estimate of drug-likeness (QED) is 0.222. The minimum atomic E-state index is -0.734. The maximum Gasteiger partial charge on any atom is 0.343 e. The third-order valence-corrected chi connectivity index (χ3v) is 6.13. The van der Waals surface area contributed by atoms with Crippen molar-refractivity contribution in [3.05, 3.63) is 112 Å². The Labute approximate surface area is 210 Å². The highest BCUT2D eigenvalue weighted by molar-refractivity contribution is 9.10. The van der Waals surface area contributed by atoms with Crippen LogP contribution in [0.2, 0.25) is 0 Å². The Bertz CT molecular complexity index is 1460. The number of hydrogen-bond donors (Lipinski definition) is 0. The summed E-state index contributed by atoms with van der Waals surface area (Å²) in [6, 6.07) is 25.8. The molecule has 1 aromatic heterocycles. The summed E-state index contributed by atoms with van der Waals surface area (Å²) in [4.78, 5) is 42.3. The number of amides is 4. The monoisotopic (exact) mass is 526 g/mol. The van der Waals surface area contributed by atoms with Crippen LogP contribution in [-0.4, -0.2) is 17.8 Å². The molecule has 0 saturated carbocycles. The van der Waals surface area contributed by atoms with E-state index in [0.717, 1.165) is 25.4 Å². The van der Waals surface area contributed by atoms with Gasteiger partial charge < -0.3 is 4.42 Å². The number of aryl methyl sites for hydroxylation is 1. The second kappa shape index (κ2) is 9.19. The molecule has 1 fully saturated rings. The van der Waals surface area contributed by atoms with Crippen LogP contribution in [-0.2, 0) is 9.59 Å². The number of nitrogens with zero attached hydrogens (tertiary/aromatic N) is 2. The second-order valence-corrected chi connectivity index (χ2v) is 8.92. The average Bonchev–Trinajstić information content (AvgIpc) is 3.33. The van der Waals surface area contributed by atoms with Crippen molar-refractivity contribution >= 4 is 51.2 Å². The Kier molecular flexibility index (Phi) is 5.93. The molecule has 0 bridgehead atoms. The summed E-state index contributed by atoms with van der Waals surface area (Å²) in [5.74, 6) is -0.508. The van der Waals surface area contributed by atoms with E-state index in [1.165, 1.54) is 6.08 Å². The van der Waals surface area contributed by atoms with Gasteiger partial charge in [-0.1, -0.05) is 64.0 Å². The number of barbiturate groups is 1. The van der Waals surface area contributed by atoms with Gasteiger partial charge in [-0.05, 0) is 61.5 Å². The predicted molar refractivity (Wildman–Crippen MR) is 138 cm³/mol. The number of furan rings is 1. The molecule has 4 aromatic rings. The van der Waals surface area contributed by atoms with Gasteiger partial charge >= 0.3 is 6.03 Å². The van der Waals surface area contributed by atoms with Gasteiger partial charge in [-0.2, -0.15) is 0 Å². The number of carbonyl (C=O) groups is 3. The Morgan fingerprint density at radius 3 is 1.94 bits per heavy atom. The number of para-hydroxylation sites is 1. The van der Waals surface area contributed by atoms with Crippen molar-refractivity contribution in [3.63, 3.8) is 0 Å². The van der Waals surface area contributed by atoms with Crippen LogP contribution in [0.15, 0.2) is 105 Å². The number of rotatable bonds is 4. The fourth-order valence-electron chi connectivity index (χ4n) is 3.80. The Balaban J connectivity index is 1.58. The van der Waals surface area contributed by atoms with Crippen molar-refractivity contribution < 1.29 is 18.8 Å². The highest BCUT2D eigenvalue weighted by Crippen LogP contribution is 2.31. The summed E-state index contributed by atoms with van der Waals surface area (Å²) in [5.41, 5.74) is 2.40. The number of imide groups is 2. The molecule has 172 valence electrons. The number of urea groups is 1. The maximum atomic E-state index is 13.5. The van der Waals surface area contributed by atoms with Crippen LogP contribution < -0.4 is 9.80 Å². The van der Waals surface area contributed by atoms with E-state index in [1.54, 1.807) is 66.7 Å². The van der Waals surface area contributed by atoms with Crippen LogP contribution in [0.3, 0.4) is 0 Å². The van der Waals surface area contributed by atoms with Gasteiger partial charge in [0.25, 0.3) is 11.8 Å². The summed E-state index contributed by atoms with van der Waals surface area (Å²) in [6.45, 7) is 1.91. The van der Waals surface area contributed by atoms with Crippen LogP contribution in [0.25, 0.3) is 17.4 Å². The number of halogens is 1. The van der Waals surface area contributed by atoms with Gasteiger partial charge in [0.05, 0.1) is 11.4 Å². The van der Waals surface area contributed by atoms with E-state index in [9.17, 15) is 14.4 Å². The zero-order valence-corrected chi connectivity index (χ0v) is 20.2. The van der Waals surface area contributed by atoms with Crippen molar-refractivity contribution in [2.24, 2.45) is 0 Å². The summed E-state index contributed by atoms with van der Waals surface area (Å²) < 4.78 is 6.86. The van der Waals surface area contributed by atoms with Crippen LogP contribution in [0.4, 0.5) is 16.2 Å². The van der Waals surface area contributed by atoms with Crippen molar-refractivity contribution in [3.8, 4) is 11.3 Å². The van der Waals surface area contributed by atoms with Gasteiger partial charge in [0, 0.05) is 10.0 Å². The first-order chi connectivity index (χ1) is 16.9. The molecule has 6 nitrogen and oxygen atoms in total. The number of carbonyl (C=O) groups excluding carboxylic acids is 3. The van der Waals surface area contributed by atoms with E-state index in [4.69, 9.17) is 4.42 Å². The molecule has 35 heavy (non-hydrogen) atoms. The molecular formula is C28H19BrN2O4. The fraction of sp³-hybridized carbons (Fsp3) is 0.0357. The Morgan fingerprint density at radius 1 is 0.714 bits per heavy atom. The molecular weight excluding hydrogens is 508 g/mol. The molecule has 3 aromatic carbocycles. The van der Waals surface area contributed by atoms with E-state index in [-0.39, 0.29) is 5.57 Å². The zero-order valence-electron chi connectivity index (χ0n) is 18.6. The molecule has 2 heterocycles. The molecule has 0 atom stereocenters. The van der Waals surface area contributed by atoms with Gasteiger partial charge in [-0.25, -0.2) is 14.6 Å². The molecule has 7 heteroatoms. The Morgan fingerprint density at radius 2 is 1.31 bits per heavy atom. The second-order valence-electron chi connectivity index (χ2n) is 8.00. The van der Waals surface area contributed by atoms with Crippen molar-refractivity contribution in [1.29, 1.82) is 0 Å². The molecule has 0 radical (unpaired) electrons. The topological polar surface area (TPSA) is 70.8 Å². The highest BCUT2D eigenvalue weighted by Gasteiger charge is 2.43. The first-order valence-electron chi connectivity index (χ1n) is 10.8. The average molecular weight is 527 g/mol. The maximum absolute atomic E-state index is 13.5. The number of benzene rings is 3. The minimum absolute atomic E-state index is 0.175. The van der Waals surface area contributed by atoms with Crippen molar-refractivity contribution in [1.82, 2.24) is 0 Å². The van der Waals surface area contributed by atoms with Gasteiger partial charge in [-0.3, -0.25) is 9.59 Å². The smallest absolute Gasteiger partial charge is 0.343 e. The lowest BCUT2D eigenvalue weighted by Crippen LogP contribution is -2.57. The summed E-state index contributed by atoms with van der Waals surface area (Å²) in [5, 5.41) is 0. The van der Waals surface area contributed by atoms with E-state index in [1.807, 2.05) is 31.2 Å². The number of anilines is 2. The van der Waals surface area contributed by atoms with Crippen molar-refractivity contribution in [2.45, 2.75) is 6.92 Å². The SMILES string of the molecule is Cc1ccc(N2C(=O)/C(=C\c3ccc(-c4ccc(Br)cc4)o3)C(=O)N(c3ccccc3)C2=O)cc1. The highest BCUT2D eigenvalue weighted by atomic mass is 79.9. The van der Waals surface area contributed by atoms with E-state index in [2.05, 4.69) is 15.9 Å². The van der Waals surface area contributed by atoms with Gasteiger partial charge in [0.15, 0.2) is 0 Å². The van der Waals surface area contributed by atoms with Crippen LogP contribution in [0.5, 0.6) is 0 Å². The van der Waals surface area contributed by atoms with E-state index in [0.29, 0.717) is 22.9 Å². The van der Waals surface area contributed by atoms with Crippen LogP contribution >= 0.6 is 15.9 Å². The van der Waals surface area contributed by atoms with Crippen molar-refractivity contribution in [2.75, 3.05) is 9.80 Å².